The minimum Gasteiger partial charge on any atom is -0.355 e. The van der Waals surface area contributed by atoms with E-state index >= 15 is 0 Å². The Morgan fingerprint density at radius 2 is 1.68 bits per heavy atom. The van der Waals surface area contributed by atoms with Crippen LogP contribution in [0.3, 0.4) is 0 Å². The summed E-state index contributed by atoms with van der Waals surface area (Å²) in [5.41, 5.74) is 0. The first-order valence-electron chi connectivity index (χ1n) is 11.6. The van der Waals surface area contributed by atoms with Crippen molar-refractivity contribution in [2.45, 2.75) is 77.3 Å². The van der Waals surface area contributed by atoms with Crippen molar-refractivity contribution in [2.24, 2.45) is 5.92 Å². The van der Waals surface area contributed by atoms with Crippen LogP contribution in [0.4, 0.5) is 0 Å². The molecule has 3 saturated heterocycles. The molecular formula is C22H40N4O2. The lowest BCUT2D eigenvalue weighted by atomic mass is 9.90. The van der Waals surface area contributed by atoms with Crippen LogP contribution in [0.15, 0.2) is 0 Å². The molecule has 1 atom stereocenters. The molecule has 0 spiro atoms. The number of likely N-dealkylation sites (N-methyl/N-ethyl adjacent to an activating group) is 1. The lowest BCUT2D eigenvalue weighted by Crippen LogP contribution is -2.48. The van der Waals surface area contributed by atoms with Gasteiger partial charge in [0, 0.05) is 45.1 Å². The highest BCUT2D eigenvalue weighted by Crippen LogP contribution is 2.26. The van der Waals surface area contributed by atoms with Gasteiger partial charge >= 0.3 is 0 Å². The fraction of sp³-hybridized carbons (Fsp3) is 0.909. The Labute approximate surface area is 171 Å². The number of carbonyl (C=O) groups is 2. The maximum absolute atomic E-state index is 12.3. The lowest BCUT2D eigenvalue weighted by molar-refractivity contribution is -0.130. The number of hydrogen-bond acceptors (Lipinski definition) is 4. The molecule has 6 heteroatoms. The first-order chi connectivity index (χ1) is 13.6. The van der Waals surface area contributed by atoms with Gasteiger partial charge in [0.25, 0.3) is 0 Å². The fourth-order valence-corrected chi connectivity index (χ4v) is 5.35. The number of likely N-dealkylation sites (tertiary alicyclic amines) is 3. The van der Waals surface area contributed by atoms with Crippen LogP contribution in [0.5, 0.6) is 0 Å². The van der Waals surface area contributed by atoms with Crippen LogP contribution < -0.4 is 5.32 Å². The van der Waals surface area contributed by atoms with Gasteiger partial charge in [0.05, 0.1) is 0 Å². The molecule has 3 fully saturated rings. The van der Waals surface area contributed by atoms with E-state index in [4.69, 9.17) is 0 Å². The van der Waals surface area contributed by atoms with Crippen LogP contribution in [0.25, 0.3) is 0 Å². The highest BCUT2D eigenvalue weighted by Gasteiger charge is 2.29. The van der Waals surface area contributed by atoms with Gasteiger partial charge in [-0.15, -0.1) is 0 Å². The van der Waals surface area contributed by atoms with Gasteiger partial charge in [0.1, 0.15) is 0 Å². The van der Waals surface area contributed by atoms with Crippen molar-refractivity contribution in [3.8, 4) is 0 Å². The second kappa shape index (κ2) is 10.6. The van der Waals surface area contributed by atoms with Gasteiger partial charge in [-0.05, 0) is 77.0 Å². The summed E-state index contributed by atoms with van der Waals surface area (Å²) in [4.78, 5) is 30.8. The summed E-state index contributed by atoms with van der Waals surface area (Å²) in [6.45, 7) is 11.1. The maximum atomic E-state index is 12.3. The van der Waals surface area contributed by atoms with Crippen molar-refractivity contribution >= 4 is 11.8 Å². The van der Waals surface area contributed by atoms with E-state index in [0.29, 0.717) is 24.4 Å². The summed E-state index contributed by atoms with van der Waals surface area (Å²) < 4.78 is 0. The van der Waals surface area contributed by atoms with Gasteiger partial charge in [-0.1, -0.05) is 6.92 Å². The molecule has 3 aliphatic heterocycles. The van der Waals surface area contributed by atoms with Gasteiger partial charge in [-0.2, -0.15) is 0 Å². The number of nitrogens with zero attached hydrogens (tertiary/aromatic N) is 3. The molecule has 1 N–H and O–H groups in total. The average molecular weight is 393 g/mol. The molecule has 0 aromatic carbocycles. The van der Waals surface area contributed by atoms with E-state index in [9.17, 15) is 9.59 Å². The summed E-state index contributed by atoms with van der Waals surface area (Å²) >= 11 is 0. The molecule has 3 heterocycles. The number of amides is 2. The molecule has 3 aliphatic rings. The number of carbonyl (C=O) groups excluding carboxylic acids is 2. The molecule has 0 radical (unpaired) electrons. The van der Waals surface area contributed by atoms with E-state index in [1.165, 1.54) is 32.2 Å². The third-order valence-electron chi connectivity index (χ3n) is 7.30. The Balaban J connectivity index is 1.28. The SMILES string of the molecule is CCN1CCC[C@H]1CNC(=O)CCC1CCN(C2CCN(C(C)=O)CC2)CC1. The topological polar surface area (TPSA) is 55.9 Å². The first-order valence-corrected chi connectivity index (χ1v) is 11.6. The predicted molar refractivity (Wildman–Crippen MR) is 112 cm³/mol. The van der Waals surface area contributed by atoms with E-state index in [1.807, 2.05) is 4.90 Å². The molecule has 0 bridgehead atoms. The molecule has 0 saturated carbocycles. The monoisotopic (exact) mass is 392 g/mol. The molecule has 6 nitrogen and oxygen atoms in total. The van der Waals surface area contributed by atoms with Crippen molar-refractivity contribution in [1.82, 2.24) is 20.0 Å². The highest BCUT2D eigenvalue weighted by atomic mass is 16.2. The zero-order valence-corrected chi connectivity index (χ0v) is 18.0. The largest absolute Gasteiger partial charge is 0.355 e. The van der Waals surface area contributed by atoms with Crippen molar-refractivity contribution < 1.29 is 9.59 Å². The standard InChI is InChI=1S/C22H40N4O2/c1-3-24-12-4-5-21(24)17-23-22(28)7-6-19-8-13-26(14-9-19)20-10-15-25(16-11-20)18(2)27/h19-21H,3-17H2,1-2H3,(H,23,28)/t21-/m0/s1. The summed E-state index contributed by atoms with van der Waals surface area (Å²) in [5, 5.41) is 3.18. The Morgan fingerprint density at radius 1 is 0.964 bits per heavy atom. The summed E-state index contributed by atoms with van der Waals surface area (Å²) in [7, 11) is 0. The van der Waals surface area contributed by atoms with E-state index in [0.717, 1.165) is 58.5 Å². The molecule has 0 unspecified atom stereocenters. The smallest absolute Gasteiger partial charge is 0.220 e. The number of nitrogens with one attached hydrogen (secondary N) is 1. The highest BCUT2D eigenvalue weighted by molar-refractivity contribution is 5.75. The zero-order valence-electron chi connectivity index (χ0n) is 18.0. The van der Waals surface area contributed by atoms with Crippen LogP contribution in [-0.4, -0.2) is 84.4 Å². The minimum atomic E-state index is 0.214. The minimum absolute atomic E-state index is 0.214. The van der Waals surface area contributed by atoms with Crippen molar-refractivity contribution in [3.05, 3.63) is 0 Å². The van der Waals surface area contributed by atoms with Gasteiger partial charge in [0.2, 0.25) is 11.8 Å². The Morgan fingerprint density at radius 3 is 2.32 bits per heavy atom. The predicted octanol–water partition coefficient (Wildman–Crippen LogP) is 2.09. The van der Waals surface area contributed by atoms with Crippen LogP contribution in [0.2, 0.25) is 0 Å². The Hall–Kier alpha value is -1.14. The molecule has 3 rings (SSSR count). The van der Waals surface area contributed by atoms with Gasteiger partial charge < -0.3 is 15.1 Å². The van der Waals surface area contributed by atoms with Gasteiger partial charge in [-0.25, -0.2) is 0 Å². The molecule has 0 aromatic heterocycles. The second-order valence-electron chi connectivity index (χ2n) is 8.98. The maximum Gasteiger partial charge on any atom is 0.220 e. The summed E-state index contributed by atoms with van der Waals surface area (Å²) in [5.74, 6) is 1.14. The summed E-state index contributed by atoms with van der Waals surface area (Å²) in [6, 6.07) is 1.19. The first kappa shape index (κ1) is 21.6. The molecule has 2 amide bonds. The van der Waals surface area contributed by atoms with Gasteiger partial charge in [0.15, 0.2) is 0 Å². The van der Waals surface area contributed by atoms with Crippen molar-refractivity contribution in [2.75, 3.05) is 45.8 Å². The molecular weight excluding hydrogens is 352 g/mol. The van der Waals surface area contributed by atoms with E-state index < -0.39 is 0 Å². The van der Waals surface area contributed by atoms with Crippen LogP contribution >= 0.6 is 0 Å². The van der Waals surface area contributed by atoms with Crippen LogP contribution in [0, 0.1) is 5.92 Å². The molecule has 160 valence electrons. The fourth-order valence-electron chi connectivity index (χ4n) is 5.35. The number of rotatable bonds is 7. The Kier molecular flexibility index (Phi) is 8.15. The third kappa shape index (κ3) is 5.93. The molecule has 0 aliphatic carbocycles. The van der Waals surface area contributed by atoms with Crippen LogP contribution in [0.1, 0.15) is 65.2 Å². The van der Waals surface area contributed by atoms with Crippen molar-refractivity contribution in [1.29, 1.82) is 0 Å². The van der Waals surface area contributed by atoms with Gasteiger partial charge in [-0.3, -0.25) is 14.5 Å². The van der Waals surface area contributed by atoms with E-state index in [-0.39, 0.29) is 11.8 Å². The number of piperidine rings is 2. The molecule has 28 heavy (non-hydrogen) atoms. The zero-order chi connectivity index (χ0) is 19.9. The quantitative estimate of drug-likeness (QED) is 0.721. The average Bonchev–Trinajstić information content (AvgIpc) is 3.19. The van der Waals surface area contributed by atoms with E-state index in [1.54, 1.807) is 6.92 Å². The third-order valence-corrected chi connectivity index (χ3v) is 7.30. The molecule has 0 aromatic rings. The Bertz CT molecular complexity index is 511. The van der Waals surface area contributed by atoms with E-state index in [2.05, 4.69) is 22.0 Å². The lowest BCUT2D eigenvalue weighted by Gasteiger charge is -2.41. The normalized spacial score (nSPS) is 25.9. The number of hydrogen-bond donors (Lipinski definition) is 1. The summed E-state index contributed by atoms with van der Waals surface area (Å²) in [6.07, 6.45) is 8.86. The van der Waals surface area contributed by atoms with Crippen molar-refractivity contribution in [3.63, 3.8) is 0 Å². The second-order valence-corrected chi connectivity index (χ2v) is 8.98. The van der Waals surface area contributed by atoms with Crippen LogP contribution in [-0.2, 0) is 9.59 Å².